The number of nitrogens with one attached hydrogen (secondary N) is 1. The molecule has 7 nitrogen and oxygen atoms in total. The monoisotopic (exact) mass is 513 g/mol. The van der Waals surface area contributed by atoms with E-state index in [4.69, 9.17) is 16.3 Å². The Kier molecular flexibility index (Phi) is 7.87. The highest BCUT2D eigenvalue weighted by molar-refractivity contribution is 7.99. The maximum Gasteiger partial charge on any atom is 0.236 e. The Morgan fingerprint density at radius 2 is 1.91 bits per heavy atom. The molecule has 0 bridgehead atoms. The van der Waals surface area contributed by atoms with Crippen LogP contribution < -0.4 is 10.1 Å². The van der Waals surface area contributed by atoms with Gasteiger partial charge in [-0.25, -0.2) is 4.98 Å². The van der Waals surface area contributed by atoms with Gasteiger partial charge in [0, 0.05) is 17.5 Å². The second-order valence-corrected chi connectivity index (χ2v) is 9.81. The highest BCUT2D eigenvalue weighted by atomic mass is 35.5. The van der Waals surface area contributed by atoms with Crippen molar-refractivity contribution in [3.8, 4) is 17.0 Å². The Bertz CT molecular complexity index is 1290. The van der Waals surface area contributed by atoms with E-state index in [9.17, 15) is 4.79 Å². The molecule has 1 N–H and O–H groups in total. The molecule has 0 fully saturated rings. The molecule has 34 heavy (non-hydrogen) atoms. The fourth-order valence-corrected chi connectivity index (χ4v) is 4.92. The molecular weight excluding hydrogens is 490 g/mol. The van der Waals surface area contributed by atoms with Crippen LogP contribution in [0, 0.1) is 13.8 Å². The van der Waals surface area contributed by atoms with Crippen molar-refractivity contribution in [3.05, 3.63) is 69.8 Å². The molecule has 2 heterocycles. The molecule has 4 aromatic rings. The molecule has 4 rings (SSSR count). The summed E-state index contributed by atoms with van der Waals surface area (Å²) in [5.41, 5.74) is 4.12. The van der Waals surface area contributed by atoms with Crippen LogP contribution in [-0.2, 0) is 17.9 Å². The van der Waals surface area contributed by atoms with Gasteiger partial charge in [0.15, 0.2) is 16.1 Å². The number of hydrogen-bond acceptors (Lipinski definition) is 7. The van der Waals surface area contributed by atoms with E-state index < -0.39 is 0 Å². The van der Waals surface area contributed by atoms with Crippen molar-refractivity contribution in [2.24, 2.45) is 0 Å². The predicted molar refractivity (Wildman–Crippen MR) is 138 cm³/mol. The van der Waals surface area contributed by atoms with Crippen LogP contribution in [0.1, 0.15) is 23.9 Å². The summed E-state index contributed by atoms with van der Waals surface area (Å²) in [6.45, 7) is 6.91. The first-order valence-electron chi connectivity index (χ1n) is 10.7. The second-order valence-electron chi connectivity index (χ2n) is 7.61. The number of nitrogens with zero attached hydrogens (tertiary/aromatic N) is 4. The molecule has 0 saturated heterocycles. The summed E-state index contributed by atoms with van der Waals surface area (Å²) in [4.78, 5) is 17.0. The molecule has 176 valence electrons. The van der Waals surface area contributed by atoms with Gasteiger partial charge < -0.3 is 14.6 Å². The fraction of sp³-hybridized carbons (Fsp3) is 0.250. The van der Waals surface area contributed by atoms with Gasteiger partial charge in [-0.15, -0.1) is 21.5 Å². The normalized spacial score (nSPS) is 10.9. The number of thioether (sulfide) groups is 1. The van der Waals surface area contributed by atoms with E-state index in [1.165, 1.54) is 28.7 Å². The van der Waals surface area contributed by atoms with E-state index in [2.05, 4.69) is 20.5 Å². The molecule has 0 aliphatic heterocycles. The minimum atomic E-state index is -0.148. The molecule has 2 aromatic heterocycles. The number of ether oxygens (including phenoxy) is 1. The summed E-state index contributed by atoms with van der Waals surface area (Å²) in [7, 11) is 0. The van der Waals surface area contributed by atoms with Crippen LogP contribution in [0.25, 0.3) is 11.3 Å². The summed E-state index contributed by atoms with van der Waals surface area (Å²) >= 11 is 8.94. The van der Waals surface area contributed by atoms with E-state index in [1.807, 2.05) is 73.2 Å². The van der Waals surface area contributed by atoms with Gasteiger partial charge >= 0.3 is 0 Å². The van der Waals surface area contributed by atoms with Crippen molar-refractivity contribution >= 4 is 45.7 Å². The molecule has 0 unspecified atom stereocenters. The second kappa shape index (κ2) is 11.0. The molecule has 0 atom stereocenters. The molecule has 0 spiro atoms. The third-order valence-electron chi connectivity index (χ3n) is 4.98. The maximum atomic E-state index is 12.5. The minimum Gasteiger partial charge on any atom is -0.484 e. The van der Waals surface area contributed by atoms with Gasteiger partial charge in [0.1, 0.15) is 12.4 Å². The molecule has 0 saturated carbocycles. The average molecular weight is 514 g/mol. The van der Waals surface area contributed by atoms with Crippen molar-refractivity contribution < 1.29 is 9.53 Å². The van der Waals surface area contributed by atoms with Crippen molar-refractivity contribution in [2.75, 3.05) is 11.1 Å². The van der Waals surface area contributed by atoms with E-state index in [-0.39, 0.29) is 18.3 Å². The van der Waals surface area contributed by atoms with Gasteiger partial charge in [0.25, 0.3) is 0 Å². The number of amides is 1. The number of carbonyl (C=O) groups is 1. The van der Waals surface area contributed by atoms with Crippen LogP contribution >= 0.6 is 34.7 Å². The van der Waals surface area contributed by atoms with Gasteiger partial charge in [-0.3, -0.25) is 4.79 Å². The third-order valence-corrected chi connectivity index (χ3v) is 7.02. The Balaban J connectivity index is 1.33. The van der Waals surface area contributed by atoms with E-state index in [0.29, 0.717) is 33.4 Å². The lowest BCUT2D eigenvalue weighted by molar-refractivity contribution is -0.113. The molecule has 0 aliphatic rings. The summed E-state index contributed by atoms with van der Waals surface area (Å²) < 4.78 is 7.79. The van der Waals surface area contributed by atoms with Crippen LogP contribution in [0.2, 0.25) is 5.02 Å². The first-order valence-corrected chi connectivity index (χ1v) is 12.9. The van der Waals surface area contributed by atoms with Crippen molar-refractivity contribution in [3.63, 3.8) is 0 Å². The van der Waals surface area contributed by atoms with Crippen LogP contribution in [0.15, 0.2) is 53.0 Å². The highest BCUT2D eigenvalue weighted by Crippen LogP contribution is 2.27. The largest absolute Gasteiger partial charge is 0.484 e. The van der Waals surface area contributed by atoms with Crippen molar-refractivity contribution in [2.45, 2.75) is 39.1 Å². The molecule has 0 radical (unpaired) electrons. The quantitative estimate of drug-likeness (QED) is 0.276. The number of carbonyl (C=O) groups excluding carboxylic acids is 1. The van der Waals surface area contributed by atoms with Crippen LogP contribution in [0.5, 0.6) is 5.75 Å². The number of aromatic nitrogens is 4. The van der Waals surface area contributed by atoms with Gasteiger partial charge in [-0.1, -0.05) is 59.3 Å². The molecule has 10 heteroatoms. The Morgan fingerprint density at radius 3 is 2.68 bits per heavy atom. The van der Waals surface area contributed by atoms with Crippen molar-refractivity contribution in [1.29, 1.82) is 0 Å². The minimum absolute atomic E-state index is 0.148. The summed E-state index contributed by atoms with van der Waals surface area (Å²) in [6, 6.07) is 13.8. The Morgan fingerprint density at radius 1 is 1.15 bits per heavy atom. The number of rotatable bonds is 9. The topological polar surface area (TPSA) is 81.9 Å². The fourth-order valence-electron chi connectivity index (χ4n) is 3.19. The first kappa shape index (κ1) is 24.3. The van der Waals surface area contributed by atoms with Gasteiger partial charge in [0.2, 0.25) is 5.91 Å². The SMILES string of the molecule is CCn1c(COc2cc(C)ccc2Cl)nnc1SCC(=O)Nc1nc(-c2ccc(C)cc2)cs1. The van der Waals surface area contributed by atoms with E-state index >= 15 is 0 Å². The smallest absolute Gasteiger partial charge is 0.236 e. The summed E-state index contributed by atoms with van der Waals surface area (Å²) in [5, 5.41) is 15.1. The Hall–Kier alpha value is -2.88. The Labute approximate surface area is 211 Å². The zero-order chi connectivity index (χ0) is 24.1. The number of anilines is 1. The predicted octanol–water partition coefficient (Wildman–Crippen LogP) is 6.00. The zero-order valence-electron chi connectivity index (χ0n) is 19.0. The zero-order valence-corrected chi connectivity index (χ0v) is 21.4. The van der Waals surface area contributed by atoms with Gasteiger partial charge in [-0.2, -0.15) is 0 Å². The van der Waals surface area contributed by atoms with Crippen LogP contribution in [-0.4, -0.2) is 31.4 Å². The third kappa shape index (κ3) is 5.97. The number of benzene rings is 2. The molecular formula is C24H24ClN5O2S2. The standard InChI is InChI=1S/C24H24ClN5O2S2/c1-4-30-21(12-32-20-11-16(3)7-10-18(20)25)28-29-24(30)34-14-22(31)27-23-26-19(13-33-23)17-8-5-15(2)6-9-17/h5-11,13H,4,12,14H2,1-3H3,(H,26,27,31). The number of hydrogen-bond donors (Lipinski definition) is 1. The molecule has 1 amide bonds. The first-order chi connectivity index (χ1) is 16.4. The average Bonchev–Trinajstić information content (AvgIpc) is 3.45. The van der Waals surface area contributed by atoms with E-state index in [0.717, 1.165) is 16.8 Å². The maximum absolute atomic E-state index is 12.5. The number of aryl methyl sites for hydroxylation is 2. The van der Waals surface area contributed by atoms with Gasteiger partial charge in [-0.05, 0) is 38.5 Å². The molecule has 2 aromatic carbocycles. The lowest BCUT2D eigenvalue weighted by atomic mass is 10.1. The number of halogens is 1. The van der Waals surface area contributed by atoms with Crippen LogP contribution in [0.3, 0.4) is 0 Å². The van der Waals surface area contributed by atoms with Crippen LogP contribution in [0.4, 0.5) is 5.13 Å². The number of thiazole rings is 1. The lowest BCUT2D eigenvalue weighted by Crippen LogP contribution is -2.14. The van der Waals surface area contributed by atoms with E-state index in [1.54, 1.807) is 0 Å². The summed E-state index contributed by atoms with van der Waals surface area (Å²) in [5.74, 6) is 1.33. The highest BCUT2D eigenvalue weighted by Gasteiger charge is 2.15. The van der Waals surface area contributed by atoms with Gasteiger partial charge in [0.05, 0.1) is 16.5 Å². The van der Waals surface area contributed by atoms with Crippen molar-refractivity contribution in [1.82, 2.24) is 19.7 Å². The molecule has 0 aliphatic carbocycles. The lowest BCUT2D eigenvalue weighted by Gasteiger charge is -2.10. The summed E-state index contributed by atoms with van der Waals surface area (Å²) in [6.07, 6.45) is 0.